The fourth-order valence-corrected chi connectivity index (χ4v) is 3.32. The Morgan fingerprint density at radius 1 is 1.46 bits per heavy atom. The van der Waals surface area contributed by atoms with Crippen molar-refractivity contribution in [2.45, 2.75) is 32.2 Å². The Morgan fingerprint density at radius 3 is 2.96 bits per heavy atom. The molecule has 0 radical (unpaired) electrons. The number of carbonyl (C=O) groups excluding carboxylic acids is 2. The van der Waals surface area contributed by atoms with Gasteiger partial charge in [-0.05, 0) is 42.7 Å². The van der Waals surface area contributed by atoms with Gasteiger partial charge in [0, 0.05) is 11.4 Å². The zero-order chi connectivity index (χ0) is 17.3. The minimum atomic E-state index is -0.291. The third-order valence-electron chi connectivity index (χ3n) is 4.12. The van der Waals surface area contributed by atoms with E-state index >= 15 is 0 Å². The van der Waals surface area contributed by atoms with Crippen molar-refractivity contribution in [1.82, 2.24) is 5.32 Å². The van der Waals surface area contributed by atoms with Crippen molar-refractivity contribution >= 4 is 23.3 Å². The number of furan rings is 1. The van der Waals surface area contributed by atoms with Crippen molar-refractivity contribution in [3.63, 3.8) is 0 Å². The average molecular weight is 348 g/mol. The molecule has 0 aliphatic heterocycles. The molecule has 5 nitrogen and oxygen atoms in total. The molecule has 3 rings (SSSR count). The predicted octanol–water partition coefficient (Wildman–Crippen LogP) is 3.88. The lowest BCUT2D eigenvalue weighted by molar-refractivity contribution is -0.123. The first-order chi connectivity index (χ1) is 11.5. The lowest BCUT2D eigenvalue weighted by Crippen LogP contribution is -2.31. The van der Waals surface area contributed by atoms with Crippen molar-refractivity contribution in [3.05, 3.63) is 52.4 Å². The Bertz CT molecular complexity index is 770. The molecular formula is C18H18ClNO4. The Morgan fingerprint density at radius 2 is 2.25 bits per heavy atom. The first-order valence-electron chi connectivity index (χ1n) is 7.78. The number of hydrogen-bond donors (Lipinski definition) is 1. The molecule has 1 aliphatic carbocycles. The maximum absolute atomic E-state index is 12.2. The molecule has 1 aliphatic rings. The summed E-state index contributed by atoms with van der Waals surface area (Å²) in [6.45, 7) is 3.60. The van der Waals surface area contributed by atoms with Gasteiger partial charge >= 0.3 is 0 Å². The molecule has 1 heterocycles. The number of ketones is 1. The molecule has 1 aromatic heterocycles. The van der Waals surface area contributed by atoms with Gasteiger partial charge in [-0.3, -0.25) is 9.59 Å². The topological polar surface area (TPSA) is 68.5 Å². The van der Waals surface area contributed by atoms with E-state index in [0.717, 1.165) is 5.56 Å². The zero-order valence-electron chi connectivity index (χ0n) is 13.5. The number of halogens is 1. The van der Waals surface area contributed by atoms with Crippen LogP contribution in [0.5, 0.6) is 5.75 Å². The first kappa shape index (κ1) is 16.6. The zero-order valence-corrected chi connectivity index (χ0v) is 14.2. The predicted molar refractivity (Wildman–Crippen MR) is 89.6 cm³/mol. The van der Waals surface area contributed by atoms with Crippen LogP contribution in [0, 0.1) is 0 Å². The van der Waals surface area contributed by atoms with Crippen molar-refractivity contribution < 1.29 is 18.7 Å². The van der Waals surface area contributed by atoms with Gasteiger partial charge in [0.15, 0.2) is 12.4 Å². The highest BCUT2D eigenvalue weighted by Crippen LogP contribution is 2.42. The number of carbonyl (C=O) groups is 2. The lowest BCUT2D eigenvalue weighted by atomic mass is 10.0. The second kappa shape index (κ2) is 6.69. The number of ether oxygens (including phenoxy) is 1. The smallest absolute Gasteiger partial charge is 0.258 e. The molecule has 1 N–H and O–H groups in total. The normalized spacial score (nSPS) is 17.5. The summed E-state index contributed by atoms with van der Waals surface area (Å²) in [5.74, 6) is 0.848. The van der Waals surface area contributed by atoms with Gasteiger partial charge in [-0.1, -0.05) is 18.5 Å². The largest absolute Gasteiger partial charge is 0.483 e. The highest BCUT2D eigenvalue weighted by Gasteiger charge is 2.32. The van der Waals surface area contributed by atoms with Gasteiger partial charge in [-0.15, -0.1) is 0 Å². The number of hydrogen-bond acceptors (Lipinski definition) is 4. The van der Waals surface area contributed by atoms with Gasteiger partial charge in [0.2, 0.25) is 0 Å². The van der Waals surface area contributed by atoms with Crippen LogP contribution in [0.4, 0.5) is 0 Å². The van der Waals surface area contributed by atoms with Crippen molar-refractivity contribution in [1.29, 1.82) is 0 Å². The molecular weight excluding hydrogens is 330 g/mol. The SMILES string of the molecule is CC1CC(=O)c2c(OCC(=O)NC(C)c3ccco3)ccc(Cl)c21. The van der Waals surface area contributed by atoms with Crippen molar-refractivity contribution in [2.24, 2.45) is 0 Å². The number of nitrogens with one attached hydrogen (secondary N) is 1. The molecule has 2 atom stereocenters. The van der Waals surface area contributed by atoms with Gasteiger partial charge < -0.3 is 14.5 Å². The highest BCUT2D eigenvalue weighted by atomic mass is 35.5. The minimum Gasteiger partial charge on any atom is -0.483 e. The number of rotatable bonds is 5. The lowest BCUT2D eigenvalue weighted by Gasteiger charge is -2.14. The van der Waals surface area contributed by atoms with Crippen molar-refractivity contribution in [3.8, 4) is 5.75 Å². The van der Waals surface area contributed by atoms with E-state index in [4.69, 9.17) is 20.8 Å². The van der Waals surface area contributed by atoms with E-state index in [1.165, 1.54) is 0 Å². The number of benzene rings is 1. The minimum absolute atomic E-state index is 0.000591. The van der Waals surface area contributed by atoms with E-state index in [-0.39, 0.29) is 30.3 Å². The van der Waals surface area contributed by atoms with Crippen LogP contribution in [0.15, 0.2) is 34.9 Å². The molecule has 0 fully saturated rings. The molecule has 6 heteroatoms. The fraction of sp³-hybridized carbons (Fsp3) is 0.333. The second-order valence-electron chi connectivity index (χ2n) is 5.96. The second-order valence-corrected chi connectivity index (χ2v) is 6.36. The Labute approximate surface area is 144 Å². The van der Waals surface area contributed by atoms with Gasteiger partial charge in [-0.25, -0.2) is 0 Å². The Balaban J connectivity index is 1.67. The average Bonchev–Trinajstić information content (AvgIpc) is 3.16. The maximum atomic E-state index is 12.2. The number of amides is 1. The summed E-state index contributed by atoms with van der Waals surface area (Å²) >= 11 is 6.19. The van der Waals surface area contributed by atoms with Gasteiger partial charge in [0.1, 0.15) is 11.5 Å². The van der Waals surface area contributed by atoms with E-state index in [1.54, 1.807) is 30.5 Å². The van der Waals surface area contributed by atoms with Gasteiger partial charge in [0.05, 0.1) is 17.9 Å². The molecule has 2 aromatic rings. The molecule has 24 heavy (non-hydrogen) atoms. The first-order valence-corrected chi connectivity index (χ1v) is 8.16. The Kier molecular flexibility index (Phi) is 4.62. The van der Waals surface area contributed by atoms with Crippen LogP contribution in [0.1, 0.15) is 53.9 Å². The van der Waals surface area contributed by atoms with Gasteiger partial charge in [-0.2, -0.15) is 0 Å². The molecule has 126 valence electrons. The third-order valence-corrected chi connectivity index (χ3v) is 4.45. The molecule has 0 bridgehead atoms. The van der Waals surface area contributed by atoms with E-state index in [0.29, 0.717) is 28.5 Å². The monoisotopic (exact) mass is 347 g/mol. The summed E-state index contributed by atoms with van der Waals surface area (Å²) < 4.78 is 10.8. The molecule has 0 spiro atoms. The fourth-order valence-electron chi connectivity index (χ4n) is 2.98. The quantitative estimate of drug-likeness (QED) is 0.891. The summed E-state index contributed by atoms with van der Waals surface area (Å²) in [6, 6.07) is 6.64. The standard InChI is InChI=1S/C18H18ClNO4/c1-10-8-13(21)18-15(6-5-12(19)17(10)18)24-9-16(22)20-11(2)14-4-3-7-23-14/h3-7,10-11H,8-9H2,1-2H3,(H,20,22). The van der Waals surface area contributed by atoms with Crippen LogP contribution in [0.25, 0.3) is 0 Å². The number of Topliss-reactive ketones (excluding diaryl/α,β-unsaturated/α-hetero) is 1. The van der Waals surface area contributed by atoms with Crippen LogP contribution in [0.2, 0.25) is 5.02 Å². The van der Waals surface area contributed by atoms with E-state index in [2.05, 4.69) is 5.32 Å². The van der Waals surface area contributed by atoms with E-state index in [1.807, 2.05) is 13.8 Å². The van der Waals surface area contributed by atoms with E-state index < -0.39 is 0 Å². The molecule has 1 amide bonds. The van der Waals surface area contributed by atoms with Crippen LogP contribution in [-0.2, 0) is 4.79 Å². The molecule has 1 aromatic carbocycles. The summed E-state index contributed by atoms with van der Waals surface area (Å²) in [5.41, 5.74) is 1.31. The molecule has 0 saturated carbocycles. The molecule has 0 saturated heterocycles. The highest BCUT2D eigenvalue weighted by molar-refractivity contribution is 6.32. The van der Waals surface area contributed by atoms with Crippen LogP contribution in [-0.4, -0.2) is 18.3 Å². The third kappa shape index (κ3) is 3.17. The summed E-state index contributed by atoms with van der Waals surface area (Å²) in [6.07, 6.45) is 1.97. The molecule has 2 unspecified atom stereocenters. The van der Waals surface area contributed by atoms with Crippen molar-refractivity contribution in [2.75, 3.05) is 6.61 Å². The summed E-state index contributed by atoms with van der Waals surface area (Å²) in [4.78, 5) is 24.2. The number of fused-ring (bicyclic) bond motifs is 1. The van der Waals surface area contributed by atoms with Crippen LogP contribution < -0.4 is 10.1 Å². The maximum Gasteiger partial charge on any atom is 0.258 e. The van der Waals surface area contributed by atoms with Gasteiger partial charge in [0.25, 0.3) is 5.91 Å². The van der Waals surface area contributed by atoms with Crippen LogP contribution in [0.3, 0.4) is 0 Å². The van der Waals surface area contributed by atoms with E-state index in [9.17, 15) is 9.59 Å². The van der Waals surface area contributed by atoms with Crippen LogP contribution >= 0.6 is 11.6 Å². The Hall–Kier alpha value is -2.27. The summed E-state index contributed by atoms with van der Waals surface area (Å²) in [5, 5.41) is 3.34. The summed E-state index contributed by atoms with van der Waals surface area (Å²) in [7, 11) is 0.